The van der Waals surface area contributed by atoms with Crippen LogP contribution >= 0.6 is 23.2 Å². The predicted molar refractivity (Wildman–Crippen MR) is 160 cm³/mol. The van der Waals surface area contributed by atoms with Crippen LogP contribution in [0.4, 0.5) is 5.69 Å². The van der Waals surface area contributed by atoms with Crippen molar-refractivity contribution in [2.45, 2.75) is 76.9 Å². The molecule has 1 atom stereocenters. The predicted octanol–water partition coefficient (Wildman–Crippen LogP) is 5.52. The van der Waals surface area contributed by atoms with Gasteiger partial charge in [0.1, 0.15) is 6.04 Å². The van der Waals surface area contributed by atoms with Crippen molar-refractivity contribution in [1.29, 1.82) is 0 Å². The van der Waals surface area contributed by atoms with Crippen LogP contribution in [0.25, 0.3) is 0 Å². The number of carbonyl (C=O) groups excluding carboxylic acids is 2. The fraction of sp³-hybridized carbons (Fsp3) is 0.517. The first-order valence-corrected chi connectivity index (χ1v) is 16.6. The van der Waals surface area contributed by atoms with Crippen LogP contribution < -0.4 is 19.1 Å². The van der Waals surface area contributed by atoms with Gasteiger partial charge in [0.2, 0.25) is 28.6 Å². The molecule has 4 rings (SSSR count). The fourth-order valence-corrected chi connectivity index (χ4v) is 6.84. The Morgan fingerprint density at radius 3 is 2.39 bits per heavy atom. The number of ether oxygens (including phenoxy) is 2. The molecule has 224 valence electrons. The van der Waals surface area contributed by atoms with Gasteiger partial charge >= 0.3 is 0 Å². The average Bonchev–Trinajstić information content (AvgIpc) is 3.40. The summed E-state index contributed by atoms with van der Waals surface area (Å²) in [4.78, 5) is 28.7. The minimum atomic E-state index is -3.65. The van der Waals surface area contributed by atoms with Crippen molar-refractivity contribution in [3.63, 3.8) is 0 Å². The van der Waals surface area contributed by atoms with E-state index in [2.05, 4.69) is 5.32 Å². The summed E-state index contributed by atoms with van der Waals surface area (Å²) in [7, 11) is -3.65. The summed E-state index contributed by atoms with van der Waals surface area (Å²) >= 11 is 12.9. The second-order valence-corrected chi connectivity index (χ2v) is 13.2. The third kappa shape index (κ3) is 7.99. The largest absolute Gasteiger partial charge is 0.454 e. The Bertz CT molecular complexity index is 1330. The molecular weight excluding hydrogens is 589 g/mol. The zero-order valence-electron chi connectivity index (χ0n) is 23.4. The van der Waals surface area contributed by atoms with E-state index in [0.717, 1.165) is 38.4 Å². The lowest BCUT2D eigenvalue weighted by molar-refractivity contribution is -0.141. The molecule has 1 saturated carbocycles. The van der Waals surface area contributed by atoms with E-state index in [-0.39, 0.29) is 50.6 Å². The monoisotopic (exact) mass is 625 g/mol. The number of hydrogen-bond acceptors (Lipinski definition) is 6. The zero-order valence-corrected chi connectivity index (χ0v) is 25.7. The SMILES string of the molecule is CC[C@H](C(=O)NC1CCCCC1)N(Cc1c(Cl)cccc1Cl)C(=O)CCCN(c1ccc2c(c1)OCO2)S(C)(=O)=O. The number of nitrogens with one attached hydrogen (secondary N) is 1. The molecule has 2 amide bonds. The van der Waals surface area contributed by atoms with Gasteiger partial charge in [-0.1, -0.05) is 55.5 Å². The minimum absolute atomic E-state index is 0.0197. The Morgan fingerprint density at radius 2 is 1.73 bits per heavy atom. The molecule has 1 fully saturated rings. The van der Waals surface area contributed by atoms with Crippen molar-refractivity contribution in [2.24, 2.45) is 0 Å². The van der Waals surface area contributed by atoms with Gasteiger partial charge < -0.3 is 19.7 Å². The minimum Gasteiger partial charge on any atom is -0.454 e. The molecule has 1 aliphatic heterocycles. The summed E-state index contributed by atoms with van der Waals surface area (Å²) < 4.78 is 37.3. The van der Waals surface area contributed by atoms with Gasteiger partial charge in [-0.2, -0.15) is 0 Å². The van der Waals surface area contributed by atoms with Crippen molar-refractivity contribution >= 4 is 50.7 Å². The van der Waals surface area contributed by atoms with E-state index in [0.29, 0.717) is 39.2 Å². The highest BCUT2D eigenvalue weighted by Crippen LogP contribution is 2.36. The van der Waals surface area contributed by atoms with E-state index >= 15 is 0 Å². The van der Waals surface area contributed by atoms with Gasteiger partial charge in [0, 0.05) is 47.2 Å². The maximum absolute atomic E-state index is 13.7. The van der Waals surface area contributed by atoms with E-state index in [1.807, 2.05) is 6.92 Å². The van der Waals surface area contributed by atoms with Crippen LogP contribution in [0, 0.1) is 0 Å². The third-order valence-electron chi connectivity index (χ3n) is 7.52. The van der Waals surface area contributed by atoms with Crippen LogP contribution in [0.5, 0.6) is 11.5 Å². The summed E-state index contributed by atoms with van der Waals surface area (Å²) in [6, 6.07) is 9.40. The van der Waals surface area contributed by atoms with Crippen LogP contribution in [0.3, 0.4) is 0 Å². The van der Waals surface area contributed by atoms with E-state index in [9.17, 15) is 18.0 Å². The number of carbonyl (C=O) groups is 2. The van der Waals surface area contributed by atoms with Crippen molar-refractivity contribution in [3.8, 4) is 11.5 Å². The van der Waals surface area contributed by atoms with Crippen LogP contribution in [0.15, 0.2) is 36.4 Å². The molecule has 0 saturated heterocycles. The number of benzene rings is 2. The molecule has 0 aromatic heterocycles. The van der Waals surface area contributed by atoms with E-state index < -0.39 is 16.1 Å². The highest BCUT2D eigenvalue weighted by Gasteiger charge is 2.31. The van der Waals surface area contributed by atoms with Crippen LogP contribution in [0.1, 0.15) is 63.9 Å². The van der Waals surface area contributed by atoms with E-state index in [1.165, 1.54) is 9.21 Å². The van der Waals surface area contributed by atoms with Gasteiger partial charge in [-0.15, -0.1) is 0 Å². The average molecular weight is 627 g/mol. The van der Waals surface area contributed by atoms with Gasteiger partial charge in [0.05, 0.1) is 11.9 Å². The highest BCUT2D eigenvalue weighted by atomic mass is 35.5. The first kappa shape index (κ1) is 31.3. The molecule has 41 heavy (non-hydrogen) atoms. The van der Waals surface area contributed by atoms with Gasteiger partial charge in [-0.05, 0) is 49.9 Å². The summed E-state index contributed by atoms with van der Waals surface area (Å²) in [5.41, 5.74) is 0.980. The lowest BCUT2D eigenvalue weighted by Crippen LogP contribution is -2.51. The van der Waals surface area contributed by atoms with Gasteiger partial charge in [-0.3, -0.25) is 13.9 Å². The molecule has 0 unspecified atom stereocenters. The van der Waals surface area contributed by atoms with Crippen molar-refractivity contribution < 1.29 is 27.5 Å². The molecule has 12 heteroatoms. The van der Waals surface area contributed by atoms with Gasteiger partial charge in [0.15, 0.2) is 11.5 Å². The summed E-state index contributed by atoms with van der Waals surface area (Å²) in [5.74, 6) is 0.521. The van der Waals surface area contributed by atoms with Gasteiger partial charge in [0.25, 0.3) is 0 Å². The second-order valence-electron chi connectivity index (χ2n) is 10.5. The quantitative estimate of drug-likeness (QED) is 0.333. The number of sulfonamides is 1. The maximum atomic E-state index is 13.7. The summed E-state index contributed by atoms with van der Waals surface area (Å²) in [6.45, 7) is 2.07. The molecule has 0 bridgehead atoms. The Balaban J connectivity index is 1.51. The lowest BCUT2D eigenvalue weighted by atomic mass is 9.95. The number of nitrogens with zero attached hydrogens (tertiary/aromatic N) is 2. The van der Waals surface area contributed by atoms with Crippen molar-refractivity contribution in [3.05, 3.63) is 52.0 Å². The standard InChI is InChI=1S/C29H37Cl2N3O6S/c1-3-25(29(36)32-20-9-5-4-6-10-20)33(18-22-23(30)11-7-12-24(22)31)28(35)13-8-16-34(41(2,37)38)21-14-15-26-27(17-21)40-19-39-26/h7,11-12,14-15,17,20,25H,3-6,8-10,13,16,18-19H2,1-2H3,(H,32,36)/t25-/m1/s1. The lowest BCUT2D eigenvalue weighted by Gasteiger charge is -2.33. The third-order valence-corrected chi connectivity index (χ3v) is 9.43. The number of anilines is 1. The number of hydrogen-bond donors (Lipinski definition) is 1. The van der Waals surface area contributed by atoms with Crippen LogP contribution in [-0.4, -0.2) is 56.8 Å². The molecule has 1 aliphatic carbocycles. The Morgan fingerprint density at radius 1 is 1.05 bits per heavy atom. The number of rotatable bonds is 12. The van der Waals surface area contributed by atoms with Crippen molar-refractivity contribution in [2.75, 3.05) is 23.9 Å². The smallest absolute Gasteiger partial charge is 0.243 e. The summed E-state index contributed by atoms with van der Waals surface area (Å²) in [5, 5.41) is 3.96. The molecule has 9 nitrogen and oxygen atoms in total. The number of halogens is 2. The number of amides is 2. The molecule has 1 N–H and O–H groups in total. The highest BCUT2D eigenvalue weighted by molar-refractivity contribution is 7.92. The Kier molecular flexibility index (Phi) is 10.7. The molecule has 2 aromatic rings. The first-order chi connectivity index (χ1) is 19.6. The zero-order chi connectivity index (χ0) is 29.6. The Hall–Kier alpha value is -2.69. The molecule has 1 heterocycles. The second kappa shape index (κ2) is 14.0. The normalized spacial score (nSPS) is 15.8. The van der Waals surface area contributed by atoms with E-state index in [1.54, 1.807) is 36.4 Å². The topological polar surface area (TPSA) is 105 Å². The molecular formula is C29H37Cl2N3O6S. The van der Waals surface area contributed by atoms with Crippen LogP contribution in [0.2, 0.25) is 10.0 Å². The molecule has 0 radical (unpaired) electrons. The summed E-state index contributed by atoms with van der Waals surface area (Å²) in [6.07, 6.45) is 6.92. The molecule has 2 aliphatic rings. The van der Waals surface area contributed by atoms with Crippen LogP contribution in [-0.2, 0) is 26.2 Å². The first-order valence-electron chi connectivity index (χ1n) is 14.0. The van der Waals surface area contributed by atoms with Crippen molar-refractivity contribution in [1.82, 2.24) is 10.2 Å². The number of fused-ring (bicyclic) bond motifs is 1. The fourth-order valence-electron chi connectivity index (χ4n) is 5.36. The van der Waals surface area contributed by atoms with E-state index in [4.69, 9.17) is 32.7 Å². The van der Waals surface area contributed by atoms with Gasteiger partial charge in [-0.25, -0.2) is 8.42 Å². The molecule has 0 spiro atoms. The Labute approximate surface area is 252 Å². The maximum Gasteiger partial charge on any atom is 0.243 e. The molecule has 2 aromatic carbocycles.